The van der Waals surface area contributed by atoms with E-state index >= 15 is 0 Å². The highest BCUT2D eigenvalue weighted by atomic mass is 14.5. The van der Waals surface area contributed by atoms with E-state index in [2.05, 4.69) is 189 Å². The highest BCUT2D eigenvalue weighted by Crippen LogP contribution is 2.58. The third-order valence-electron chi connectivity index (χ3n) is 9.99. The smallest absolute Gasteiger partial charge is 0.0991 e. The number of nitrogens with zero attached hydrogens (tertiary/aromatic N) is 1. The Balaban J connectivity index is 0.000000476. The van der Waals surface area contributed by atoms with E-state index in [9.17, 15) is 5.26 Å². The third kappa shape index (κ3) is 7.99. The lowest BCUT2D eigenvalue weighted by atomic mass is 9.65. The minimum Gasteiger partial charge on any atom is -0.405 e. The third-order valence-corrected chi connectivity index (χ3v) is 9.99. The van der Waals surface area contributed by atoms with Crippen molar-refractivity contribution in [3.8, 4) is 28.3 Å². The first-order chi connectivity index (χ1) is 27.6. The number of allylic oxidation sites excluding steroid dienone is 17. The normalized spacial score (nSPS) is 20.4. The van der Waals surface area contributed by atoms with Crippen LogP contribution in [0, 0.1) is 11.3 Å². The maximum atomic E-state index is 9.42. The van der Waals surface area contributed by atoms with Gasteiger partial charge in [-0.1, -0.05) is 195 Å². The van der Waals surface area contributed by atoms with Crippen molar-refractivity contribution >= 4 is 0 Å². The van der Waals surface area contributed by atoms with Crippen molar-refractivity contribution in [2.24, 2.45) is 5.73 Å². The minimum absolute atomic E-state index is 0.0419. The largest absolute Gasteiger partial charge is 0.405 e. The molecule has 0 saturated carbocycles. The van der Waals surface area contributed by atoms with Crippen molar-refractivity contribution in [1.29, 1.82) is 5.26 Å². The number of fused-ring (bicyclic) bond motifs is 3. The quantitative estimate of drug-likeness (QED) is 0.108. The van der Waals surface area contributed by atoms with Gasteiger partial charge in [-0.25, -0.2) is 0 Å². The van der Waals surface area contributed by atoms with Crippen LogP contribution in [0.3, 0.4) is 0 Å². The number of nitriles is 1. The van der Waals surface area contributed by atoms with E-state index in [4.69, 9.17) is 5.73 Å². The molecular weight excluding hydrogens is 677 g/mol. The molecule has 3 aliphatic rings. The molecule has 5 aromatic rings. The Bertz CT molecular complexity index is 2430. The molecule has 56 heavy (non-hydrogen) atoms. The summed E-state index contributed by atoms with van der Waals surface area (Å²) in [5, 5.41) is 9.42. The van der Waals surface area contributed by atoms with E-state index in [1.165, 1.54) is 67.4 Å². The summed E-state index contributed by atoms with van der Waals surface area (Å²) in [5.41, 5.74) is 18.9. The topological polar surface area (TPSA) is 49.8 Å². The fourth-order valence-electron chi connectivity index (χ4n) is 7.70. The fraction of sp³-hybridized carbons (Fsp3) is 0.0556. The summed E-state index contributed by atoms with van der Waals surface area (Å²) < 4.78 is 0. The van der Waals surface area contributed by atoms with E-state index in [1.54, 1.807) is 18.2 Å². The Morgan fingerprint density at radius 2 is 1.20 bits per heavy atom. The standard InChI is InChI=1S/C45H31N.C6H9N.C3H6/c46-31-32-23-25-34(26-24-32)44(33-13-4-1-5-14-33)37-16-12-15-35(29-37)36-27-28-41-40-21-10-11-22-42(40)45(43(41)30-36)38-17-6-2-7-18-39(45)20-9-3-8-19-38;1-2-3-4-5-6-7;1-3-2/h1-30,44H;2-6H,1,7H2;3H,1H2,2H3/b6-2-,7-2?,8-3?,9-3-,17-6?,18-7-,19-8-,20-9?,38-17-,38-19?,39-18?,39-20-;4-3-,6-5-;. The van der Waals surface area contributed by atoms with Crippen LogP contribution in [0.1, 0.15) is 46.2 Å². The zero-order valence-electron chi connectivity index (χ0n) is 31.8. The van der Waals surface area contributed by atoms with Gasteiger partial charge < -0.3 is 5.73 Å². The van der Waals surface area contributed by atoms with Crippen molar-refractivity contribution in [2.45, 2.75) is 18.3 Å². The number of rotatable bonds is 6. The average molecular weight is 723 g/mol. The number of hydrogen-bond acceptors (Lipinski definition) is 2. The molecule has 5 aromatic carbocycles. The Kier molecular flexibility index (Phi) is 12.9. The highest BCUT2D eigenvalue weighted by Gasteiger charge is 2.47. The second-order valence-corrected chi connectivity index (χ2v) is 13.4. The van der Waals surface area contributed by atoms with Gasteiger partial charge in [0.2, 0.25) is 0 Å². The molecule has 0 fully saturated rings. The van der Waals surface area contributed by atoms with Crippen LogP contribution in [0.5, 0.6) is 0 Å². The zero-order chi connectivity index (χ0) is 39.2. The average Bonchev–Trinajstić information content (AvgIpc) is 3.52. The van der Waals surface area contributed by atoms with Crippen LogP contribution >= 0.6 is 0 Å². The molecule has 0 radical (unpaired) electrons. The highest BCUT2D eigenvalue weighted by molar-refractivity contribution is 5.89. The Hall–Kier alpha value is -7.21. The van der Waals surface area contributed by atoms with Gasteiger partial charge in [0.15, 0.2) is 0 Å². The minimum atomic E-state index is -0.433. The zero-order valence-corrected chi connectivity index (χ0v) is 31.8. The lowest BCUT2D eigenvalue weighted by Crippen LogP contribution is -2.30. The van der Waals surface area contributed by atoms with Crippen molar-refractivity contribution in [3.05, 3.63) is 276 Å². The van der Waals surface area contributed by atoms with Gasteiger partial charge in [0, 0.05) is 5.92 Å². The molecule has 1 atom stereocenters. The molecule has 272 valence electrons. The predicted octanol–water partition coefficient (Wildman–Crippen LogP) is 13.2. The van der Waals surface area contributed by atoms with Gasteiger partial charge in [-0.15, -0.1) is 6.58 Å². The Morgan fingerprint density at radius 1 is 0.589 bits per heavy atom. The van der Waals surface area contributed by atoms with Crippen molar-refractivity contribution in [1.82, 2.24) is 0 Å². The van der Waals surface area contributed by atoms with Gasteiger partial charge >= 0.3 is 0 Å². The van der Waals surface area contributed by atoms with Crippen LogP contribution in [0.2, 0.25) is 0 Å². The molecule has 2 N–H and O–H groups in total. The second kappa shape index (κ2) is 18.7. The van der Waals surface area contributed by atoms with Crippen LogP contribution in [0.15, 0.2) is 243 Å². The molecule has 0 amide bonds. The Morgan fingerprint density at radius 3 is 1.86 bits per heavy atom. The summed E-state index contributed by atoms with van der Waals surface area (Å²) in [7, 11) is 0. The van der Waals surface area contributed by atoms with Gasteiger partial charge in [-0.05, 0) is 98.6 Å². The van der Waals surface area contributed by atoms with Gasteiger partial charge in [0.05, 0.1) is 17.0 Å². The molecule has 2 heteroatoms. The lowest BCUT2D eigenvalue weighted by molar-refractivity contribution is 0.764. The SMILES string of the molecule is C=C/C=C\C=C/N.C=CC.N#Cc1ccc(C(c2ccccc2)c2cccc(-c3ccc4c(c3)C3(C5=C\C=C/C=C\C3=C\C=C/C=C\5)c3ccccc3-4)c2)cc1. The predicted molar refractivity (Wildman–Crippen MR) is 238 cm³/mol. The van der Waals surface area contributed by atoms with Crippen molar-refractivity contribution < 1.29 is 0 Å². The molecule has 0 aliphatic heterocycles. The summed E-state index contributed by atoms with van der Waals surface area (Å²) in [6.45, 7) is 8.72. The lowest BCUT2D eigenvalue weighted by Gasteiger charge is -2.36. The monoisotopic (exact) mass is 722 g/mol. The molecule has 0 aromatic heterocycles. The molecule has 1 unspecified atom stereocenters. The maximum absolute atomic E-state index is 9.42. The number of hydrogen-bond donors (Lipinski definition) is 1. The number of nitrogens with two attached hydrogens (primary N) is 1. The van der Waals surface area contributed by atoms with E-state index in [-0.39, 0.29) is 5.92 Å². The second-order valence-electron chi connectivity index (χ2n) is 13.4. The van der Waals surface area contributed by atoms with E-state index in [0.717, 1.165) is 0 Å². The van der Waals surface area contributed by atoms with Gasteiger partial charge in [0.25, 0.3) is 0 Å². The Labute approximate surface area is 332 Å². The van der Waals surface area contributed by atoms with Crippen molar-refractivity contribution in [3.63, 3.8) is 0 Å². The summed E-state index contributed by atoms with van der Waals surface area (Å²) >= 11 is 0. The maximum Gasteiger partial charge on any atom is 0.0991 e. The molecule has 8 rings (SSSR count). The first-order valence-corrected chi connectivity index (χ1v) is 18.8. The first kappa shape index (κ1) is 38.5. The van der Waals surface area contributed by atoms with E-state index < -0.39 is 5.41 Å². The number of benzene rings is 5. The van der Waals surface area contributed by atoms with Crippen LogP contribution in [0.25, 0.3) is 22.3 Å². The first-order valence-electron chi connectivity index (χ1n) is 18.8. The summed E-state index contributed by atoms with van der Waals surface area (Å²) in [6.07, 6.45) is 32.2. The molecule has 3 aliphatic carbocycles. The molecule has 2 bridgehead atoms. The fourth-order valence-corrected chi connectivity index (χ4v) is 7.70. The van der Waals surface area contributed by atoms with Crippen LogP contribution in [0.4, 0.5) is 0 Å². The van der Waals surface area contributed by atoms with E-state index in [1.807, 2.05) is 31.2 Å². The van der Waals surface area contributed by atoms with Crippen LogP contribution in [-0.4, -0.2) is 0 Å². The molecule has 1 spiro atoms. The summed E-state index contributed by atoms with van der Waals surface area (Å²) in [5.74, 6) is 0.0419. The van der Waals surface area contributed by atoms with Crippen LogP contribution in [-0.2, 0) is 5.41 Å². The van der Waals surface area contributed by atoms with E-state index in [0.29, 0.717) is 5.56 Å². The van der Waals surface area contributed by atoms with Gasteiger partial charge in [-0.3, -0.25) is 0 Å². The summed E-state index contributed by atoms with van der Waals surface area (Å²) in [4.78, 5) is 0. The van der Waals surface area contributed by atoms with Crippen LogP contribution < -0.4 is 5.73 Å². The van der Waals surface area contributed by atoms with Gasteiger partial charge in [0.1, 0.15) is 0 Å². The van der Waals surface area contributed by atoms with Crippen molar-refractivity contribution in [2.75, 3.05) is 0 Å². The molecule has 0 saturated heterocycles. The molecule has 2 nitrogen and oxygen atoms in total. The molecular formula is C54H46N2. The van der Waals surface area contributed by atoms with Gasteiger partial charge in [-0.2, -0.15) is 5.26 Å². The summed E-state index contributed by atoms with van der Waals surface area (Å²) in [6, 6.07) is 45.8. The molecule has 0 heterocycles.